The van der Waals surface area contributed by atoms with Gasteiger partial charge in [-0.3, -0.25) is 4.90 Å². The molecular weight excluding hydrogens is 204 g/mol. The summed E-state index contributed by atoms with van der Waals surface area (Å²) >= 11 is 0. The highest BCUT2D eigenvalue weighted by Gasteiger charge is 2.18. The van der Waals surface area contributed by atoms with Gasteiger partial charge in [0.2, 0.25) is 0 Å². The molecule has 2 heterocycles. The molecule has 6 heteroatoms. The fraction of sp³-hybridized carbons (Fsp3) is 0.900. The van der Waals surface area contributed by atoms with Crippen molar-refractivity contribution in [1.82, 2.24) is 30.4 Å². The van der Waals surface area contributed by atoms with Gasteiger partial charge < -0.3 is 5.32 Å². The van der Waals surface area contributed by atoms with Crippen LogP contribution in [-0.4, -0.2) is 50.8 Å². The highest BCUT2D eigenvalue weighted by molar-refractivity contribution is 4.81. The first-order valence-electron chi connectivity index (χ1n) is 5.96. The molecule has 0 bridgehead atoms. The average Bonchev–Trinajstić information content (AvgIpc) is 2.89. The Morgan fingerprint density at radius 3 is 3.00 bits per heavy atom. The summed E-state index contributed by atoms with van der Waals surface area (Å²) < 4.78 is 0. The Morgan fingerprint density at radius 2 is 2.44 bits per heavy atom. The number of likely N-dealkylation sites (N-methyl/N-ethyl adjacent to an activating group) is 1. The zero-order chi connectivity index (χ0) is 11.4. The van der Waals surface area contributed by atoms with E-state index < -0.39 is 0 Å². The number of aromatic nitrogens is 4. The van der Waals surface area contributed by atoms with Gasteiger partial charge in [-0.25, -0.2) is 0 Å². The molecule has 16 heavy (non-hydrogen) atoms. The molecule has 1 saturated heterocycles. The number of hydrogen-bond donors (Lipinski definition) is 1. The molecule has 1 atom stereocenters. The summed E-state index contributed by atoms with van der Waals surface area (Å²) in [6, 6.07) is 0.636. The average molecular weight is 224 g/mol. The maximum atomic E-state index is 4.21. The quantitative estimate of drug-likeness (QED) is 0.749. The molecule has 0 amide bonds. The SMILES string of the molecule is CCN(Cc1nnn(C)n1)CC1CCCN1. The van der Waals surface area contributed by atoms with Crippen LogP contribution < -0.4 is 5.32 Å². The van der Waals surface area contributed by atoms with Crippen molar-refractivity contribution in [3.8, 4) is 0 Å². The third kappa shape index (κ3) is 2.99. The molecule has 1 aliphatic rings. The Hall–Kier alpha value is -1.01. The fourth-order valence-corrected chi connectivity index (χ4v) is 2.12. The molecule has 1 fully saturated rings. The van der Waals surface area contributed by atoms with E-state index in [-0.39, 0.29) is 0 Å². The minimum absolute atomic E-state index is 0.636. The summed E-state index contributed by atoms with van der Waals surface area (Å²) in [4.78, 5) is 3.87. The van der Waals surface area contributed by atoms with Gasteiger partial charge in [0.1, 0.15) is 0 Å². The summed E-state index contributed by atoms with van der Waals surface area (Å²) in [6.07, 6.45) is 2.58. The van der Waals surface area contributed by atoms with Crippen LogP contribution in [0, 0.1) is 0 Å². The van der Waals surface area contributed by atoms with Crippen LogP contribution in [-0.2, 0) is 13.6 Å². The van der Waals surface area contributed by atoms with E-state index in [1.54, 1.807) is 7.05 Å². The van der Waals surface area contributed by atoms with Crippen molar-refractivity contribution in [2.45, 2.75) is 32.4 Å². The molecule has 1 aromatic rings. The molecule has 1 N–H and O–H groups in total. The van der Waals surface area contributed by atoms with Gasteiger partial charge in [0.15, 0.2) is 5.82 Å². The van der Waals surface area contributed by atoms with Crippen molar-refractivity contribution >= 4 is 0 Å². The molecule has 1 aromatic heterocycles. The van der Waals surface area contributed by atoms with Gasteiger partial charge in [-0.05, 0) is 31.1 Å². The van der Waals surface area contributed by atoms with Crippen molar-refractivity contribution in [1.29, 1.82) is 0 Å². The van der Waals surface area contributed by atoms with Crippen molar-refractivity contribution in [2.24, 2.45) is 7.05 Å². The molecule has 90 valence electrons. The zero-order valence-corrected chi connectivity index (χ0v) is 10.1. The first-order valence-corrected chi connectivity index (χ1v) is 5.96. The monoisotopic (exact) mass is 224 g/mol. The second-order valence-corrected chi connectivity index (χ2v) is 4.32. The maximum absolute atomic E-state index is 4.21. The second kappa shape index (κ2) is 5.36. The van der Waals surface area contributed by atoms with Gasteiger partial charge in [0.25, 0.3) is 0 Å². The van der Waals surface area contributed by atoms with Crippen LogP contribution >= 0.6 is 0 Å². The molecule has 0 saturated carbocycles. The summed E-state index contributed by atoms with van der Waals surface area (Å²) in [5, 5.41) is 15.6. The lowest BCUT2D eigenvalue weighted by atomic mass is 10.2. The Kier molecular flexibility index (Phi) is 3.84. The summed E-state index contributed by atoms with van der Waals surface area (Å²) in [7, 11) is 1.80. The van der Waals surface area contributed by atoms with E-state index in [0.717, 1.165) is 32.0 Å². The third-order valence-corrected chi connectivity index (χ3v) is 3.00. The van der Waals surface area contributed by atoms with Gasteiger partial charge in [-0.1, -0.05) is 6.92 Å². The third-order valence-electron chi connectivity index (χ3n) is 3.00. The largest absolute Gasteiger partial charge is 0.313 e. The van der Waals surface area contributed by atoms with Gasteiger partial charge in [-0.15, -0.1) is 10.2 Å². The van der Waals surface area contributed by atoms with Crippen molar-refractivity contribution in [3.05, 3.63) is 5.82 Å². The Bertz CT molecular complexity index is 317. The van der Waals surface area contributed by atoms with Gasteiger partial charge >= 0.3 is 0 Å². The summed E-state index contributed by atoms with van der Waals surface area (Å²) in [5.74, 6) is 0.808. The van der Waals surface area contributed by atoms with Crippen LogP contribution in [0.1, 0.15) is 25.6 Å². The number of nitrogens with zero attached hydrogens (tertiary/aromatic N) is 5. The smallest absolute Gasteiger partial charge is 0.188 e. The van der Waals surface area contributed by atoms with Crippen molar-refractivity contribution < 1.29 is 0 Å². The highest BCUT2D eigenvalue weighted by atomic mass is 15.6. The van der Waals surface area contributed by atoms with E-state index in [2.05, 4.69) is 32.6 Å². The first-order chi connectivity index (χ1) is 7.78. The number of hydrogen-bond acceptors (Lipinski definition) is 5. The van der Waals surface area contributed by atoms with E-state index in [0.29, 0.717) is 6.04 Å². The minimum atomic E-state index is 0.636. The van der Waals surface area contributed by atoms with E-state index in [9.17, 15) is 0 Å². The van der Waals surface area contributed by atoms with Crippen molar-refractivity contribution in [3.63, 3.8) is 0 Å². The van der Waals surface area contributed by atoms with Crippen molar-refractivity contribution in [2.75, 3.05) is 19.6 Å². The van der Waals surface area contributed by atoms with Gasteiger partial charge in [0, 0.05) is 12.6 Å². The Labute approximate surface area is 96.0 Å². The maximum Gasteiger partial charge on any atom is 0.188 e. The molecule has 0 radical (unpaired) electrons. The molecule has 0 spiro atoms. The standard InChI is InChI=1S/C10H20N6/c1-3-16(7-9-5-4-6-11-9)8-10-12-14-15(2)13-10/h9,11H,3-8H2,1-2H3. The van der Waals surface area contributed by atoms with Crippen LogP contribution in [0.4, 0.5) is 0 Å². The Balaban J connectivity index is 1.84. The molecule has 6 nitrogen and oxygen atoms in total. The van der Waals surface area contributed by atoms with E-state index in [1.165, 1.54) is 17.6 Å². The second-order valence-electron chi connectivity index (χ2n) is 4.32. The molecular formula is C10H20N6. The minimum Gasteiger partial charge on any atom is -0.313 e. The van der Waals surface area contributed by atoms with E-state index in [4.69, 9.17) is 0 Å². The number of aryl methyl sites for hydroxylation is 1. The molecule has 1 unspecified atom stereocenters. The fourth-order valence-electron chi connectivity index (χ4n) is 2.12. The molecule has 0 aliphatic carbocycles. The lowest BCUT2D eigenvalue weighted by molar-refractivity contribution is 0.247. The number of rotatable bonds is 5. The zero-order valence-electron chi connectivity index (χ0n) is 10.1. The lowest BCUT2D eigenvalue weighted by Gasteiger charge is -2.22. The van der Waals surface area contributed by atoms with E-state index in [1.807, 2.05) is 0 Å². The van der Waals surface area contributed by atoms with Crippen LogP contribution in [0.5, 0.6) is 0 Å². The van der Waals surface area contributed by atoms with Crippen LogP contribution in [0.3, 0.4) is 0 Å². The molecule has 2 rings (SSSR count). The van der Waals surface area contributed by atoms with Crippen LogP contribution in [0.15, 0.2) is 0 Å². The predicted octanol–water partition coefficient (Wildman–Crippen LogP) is -0.216. The number of nitrogens with one attached hydrogen (secondary N) is 1. The summed E-state index contributed by atoms with van der Waals surface area (Å²) in [6.45, 7) is 6.23. The molecule has 1 aliphatic heterocycles. The normalized spacial score (nSPS) is 20.8. The Morgan fingerprint density at radius 1 is 1.56 bits per heavy atom. The first kappa shape index (κ1) is 11.5. The molecule has 0 aromatic carbocycles. The summed E-state index contributed by atoms with van der Waals surface area (Å²) in [5.41, 5.74) is 0. The highest BCUT2D eigenvalue weighted by Crippen LogP contribution is 2.08. The van der Waals surface area contributed by atoms with Crippen LogP contribution in [0.25, 0.3) is 0 Å². The van der Waals surface area contributed by atoms with E-state index >= 15 is 0 Å². The van der Waals surface area contributed by atoms with Gasteiger partial charge in [0.05, 0.1) is 13.6 Å². The predicted molar refractivity (Wildman–Crippen MR) is 60.8 cm³/mol. The number of tetrazole rings is 1. The lowest BCUT2D eigenvalue weighted by Crippen LogP contribution is -2.37. The topological polar surface area (TPSA) is 58.9 Å². The van der Waals surface area contributed by atoms with Crippen LogP contribution in [0.2, 0.25) is 0 Å². The van der Waals surface area contributed by atoms with Gasteiger partial charge in [-0.2, -0.15) is 4.80 Å².